The van der Waals surface area contributed by atoms with Gasteiger partial charge in [0.15, 0.2) is 0 Å². The van der Waals surface area contributed by atoms with Gasteiger partial charge in [0.25, 0.3) is 5.81 Å². The predicted octanol–water partition coefficient (Wildman–Crippen LogP) is 4.50. The van der Waals surface area contributed by atoms with Gasteiger partial charge in [-0.05, 0) is 19.0 Å². The first kappa shape index (κ1) is 13.9. The molecule has 0 saturated carbocycles. The molecule has 3 heteroatoms. The van der Waals surface area contributed by atoms with Gasteiger partial charge in [0.1, 0.15) is 0 Å². The van der Waals surface area contributed by atoms with Crippen molar-refractivity contribution in [2.75, 3.05) is 6.61 Å². The Labute approximate surface area is 97.0 Å². The van der Waals surface area contributed by atoms with E-state index in [1.165, 1.54) is 37.8 Å². The van der Waals surface area contributed by atoms with E-state index < -0.39 is 5.81 Å². The fourth-order valence-corrected chi connectivity index (χ4v) is 7.45. The molecule has 0 aromatic carbocycles. The second-order valence-electron chi connectivity index (χ2n) is 3.52. The minimum absolute atomic E-state index is 0.905. The Balaban J connectivity index is 3.84. The van der Waals surface area contributed by atoms with Crippen molar-refractivity contribution in [2.24, 2.45) is 0 Å². The molecule has 0 saturated heterocycles. The van der Waals surface area contributed by atoms with E-state index in [1.54, 1.807) is 0 Å². The minimum atomic E-state index is -1.32. The Kier molecular flexibility index (Phi) is 8.81. The quantitative estimate of drug-likeness (QED) is 0.364. The van der Waals surface area contributed by atoms with Crippen molar-refractivity contribution in [1.29, 1.82) is 0 Å². The number of unbranched alkanes of at least 4 members (excludes halogenated alkanes) is 2. The molecule has 0 radical (unpaired) electrons. The molecule has 0 aromatic heterocycles. The molecule has 0 spiro atoms. The maximum atomic E-state index is 5.96. The normalized spacial score (nSPS) is 12.0. The lowest BCUT2D eigenvalue weighted by Gasteiger charge is -2.24. The van der Waals surface area contributed by atoms with Crippen LogP contribution in [0.25, 0.3) is 0 Å². The number of halogens is 1. The average Bonchev–Trinajstić information content (AvgIpc) is 2.12. The van der Waals surface area contributed by atoms with Crippen LogP contribution in [0.2, 0.25) is 12.1 Å². The van der Waals surface area contributed by atoms with Gasteiger partial charge in [-0.1, -0.05) is 61.3 Å². The first-order chi connectivity index (χ1) is 6.18. The molecular formula is C10H23IOSi. The molecule has 0 aliphatic carbocycles. The number of hydrogen-bond donors (Lipinski definition) is 0. The van der Waals surface area contributed by atoms with Crippen molar-refractivity contribution in [2.45, 2.75) is 58.5 Å². The monoisotopic (exact) mass is 314 g/mol. The van der Waals surface area contributed by atoms with Crippen molar-refractivity contribution in [3.05, 3.63) is 0 Å². The van der Waals surface area contributed by atoms with Gasteiger partial charge in [-0.2, -0.15) is 0 Å². The van der Waals surface area contributed by atoms with E-state index in [0.717, 1.165) is 6.61 Å². The summed E-state index contributed by atoms with van der Waals surface area (Å²) >= 11 is 2.64. The van der Waals surface area contributed by atoms with Crippen molar-refractivity contribution < 1.29 is 4.43 Å². The molecule has 0 unspecified atom stereocenters. The van der Waals surface area contributed by atoms with E-state index in [-0.39, 0.29) is 0 Å². The van der Waals surface area contributed by atoms with Gasteiger partial charge in [0.05, 0.1) is 0 Å². The van der Waals surface area contributed by atoms with Gasteiger partial charge in [-0.3, -0.25) is 0 Å². The van der Waals surface area contributed by atoms with E-state index in [0.29, 0.717) is 0 Å². The van der Waals surface area contributed by atoms with Crippen LogP contribution in [0.5, 0.6) is 0 Å². The molecule has 1 nitrogen and oxygen atoms in total. The lowest BCUT2D eigenvalue weighted by Crippen LogP contribution is -2.30. The minimum Gasteiger partial charge on any atom is -0.407 e. The van der Waals surface area contributed by atoms with Crippen LogP contribution in [0.4, 0.5) is 0 Å². The molecule has 0 aliphatic heterocycles. The van der Waals surface area contributed by atoms with E-state index in [4.69, 9.17) is 4.43 Å². The molecule has 0 rings (SSSR count). The highest BCUT2D eigenvalue weighted by Gasteiger charge is 2.29. The number of hydrogen-bond acceptors (Lipinski definition) is 1. The third kappa shape index (κ3) is 6.91. The van der Waals surface area contributed by atoms with Gasteiger partial charge in [0.2, 0.25) is 0 Å². The highest BCUT2D eigenvalue weighted by molar-refractivity contribution is 14.1. The van der Waals surface area contributed by atoms with Crippen LogP contribution in [-0.2, 0) is 4.43 Å². The summed E-state index contributed by atoms with van der Waals surface area (Å²) in [5, 5.41) is 0. The van der Waals surface area contributed by atoms with Crippen LogP contribution < -0.4 is 0 Å². The summed E-state index contributed by atoms with van der Waals surface area (Å²) in [6.45, 7) is 7.55. The smallest absolute Gasteiger partial charge is 0.258 e. The SMILES string of the molecule is CCCC[Si](I)(CCCC)OCC. The van der Waals surface area contributed by atoms with E-state index >= 15 is 0 Å². The first-order valence-corrected chi connectivity index (χ1v) is 10.9. The molecule has 0 aromatic rings. The standard InChI is InChI=1S/C10H23IOSi/c1-4-7-9-13(11,12-6-3)10-8-5-2/h4-10H2,1-3H3. The average molecular weight is 314 g/mol. The Morgan fingerprint density at radius 2 is 1.46 bits per heavy atom. The summed E-state index contributed by atoms with van der Waals surface area (Å²) in [5.74, 6) is -1.32. The van der Waals surface area contributed by atoms with Crippen molar-refractivity contribution in [1.82, 2.24) is 0 Å². The molecule has 0 atom stereocenters. The lowest BCUT2D eigenvalue weighted by molar-refractivity contribution is 0.336. The molecule has 0 heterocycles. The van der Waals surface area contributed by atoms with Crippen LogP contribution in [0.3, 0.4) is 0 Å². The van der Waals surface area contributed by atoms with Crippen molar-refractivity contribution in [3.8, 4) is 0 Å². The number of rotatable bonds is 8. The summed E-state index contributed by atoms with van der Waals surface area (Å²) in [5.41, 5.74) is 0. The van der Waals surface area contributed by atoms with E-state index in [1.807, 2.05) is 0 Å². The zero-order chi connectivity index (χ0) is 10.2. The lowest BCUT2D eigenvalue weighted by atomic mass is 10.4. The summed E-state index contributed by atoms with van der Waals surface area (Å²) < 4.78 is 5.96. The van der Waals surface area contributed by atoms with E-state index in [9.17, 15) is 0 Å². The molecule has 0 amide bonds. The largest absolute Gasteiger partial charge is 0.407 e. The predicted molar refractivity (Wildman–Crippen MR) is 70.8 cm³/mol. The third-order valence-corrected chi connectivity index (χ3v) is 9.39. The summed E-state index contributed by atoms with van der Waals surface area (Å²) in [7, 11) is 0. The third-order valence-electron chi connectivity index (χ3n) is 2.21. The van der Waals surface area contributed by atoms with Crippen LogP contribution >= 0.6 is 21.8 Å². The Morgan fingerprint density at radius 3 is 1.77 bits per heavy atom. The summed E-state index contributed by atoms with van der Waals surface area (Å²) in [4.78, 5) is 0. The van der Waals surface area contributed by atoms with Crippen LogP contribution in [0, 0.1) is 0 Å². The highest BCUT2D eigenvalue weighted by atomic mass is 127. The molecule has 0 bridgehead atoms. The molecule has 0 N–H and O–H groups in total. The second-order valence-corrected chi connectivity index (χ2v) is 12.5. The maximum Gasteiger partial charge on any atom is 0.258 e. The van der Waals surface area contributed by atoms with Gasteiger partial charge < -0.3 is 4.43 Å². The topological polar surface area (TPSA) is 9.23 Å². The van der Waals surface area contributed by atoms with Gasteiger partial charge in [-0.25, -0.2) is 0 Å². The first-order valence-electron chi connectivity index (χ1n) is 5.51. The molecular weight excluding hydrogens is 291 g/mol. The Hall–Kier alpha value is 0.907. The fourth-order valence-electron chi connectivity index (χ4n) is 1.41. The van der Waals surface area contributed by atoms with Crippen LogP contribution in [0.15, 0.2) is 0 Å². The van der Waals surface area contributed by atoms with Crippen LogP contribution in [0.1, 0.15) is 46.5 Å². The summed E-state index contributed by atoms with van der Waals surface area (Å²) in [6.07, 6.45) is 5.30. The second kappa shape index (κ2) is 8.23. The molecule has 0 fully saturated rings. The van der Waals surface area contributed by atoms with Crippen LogP contribution in [-0.4, -0.2) is 12.4 Å². The van der Waals surface area contributed by atoms with Gasteiger partial charge in [0, 0.05) is 6.61 Å². The van der Waals surface area contributed by atoms with Crippen molar-refractivity contribution >= 4 is 27.6 Å². The van der Waals surface area contributed by atoms with Gasteiger partial charge >= 0.3 is 0 Å². The Morgan fingerprint density at radius 1 is 1.00 bits per heavy atom. The zero-order valence-corrected chi connectivity index (χ0v) is 12.4. The van der Waals surface area contributed by atoms with E-state index in [2.05, 4.69) is 42.6 Å². The maximum absolute atomic E-state index is 5.96. The summed E-state index contributed by atoms with van der Waals surface area (Å²) in [6, 6.07) is 2.69. The van der Waals surface area contributed by atoms with Gasteiger partial charge in [-0.15, -0.1) is 0 Å². The molecule has 0 aliphatic rings. The van der Waals surface area contributed by atoms with Crippen molar-refractivity contribution in [3.63, 3.8) is 0 Å². The molecule has 13 heavy (non-hydrogen) atoms. The molecule has 80 valence electrons. The highest BCUT2D eigenvalue weighted by Crippen LogP contribution is 2.29. The zero-order valence-electron chi connectivity index (χ0n) is 9.24. The fraction of sp³-hybridized carbons (Fsp3) is 1.00. The Bertz CT molecular complexity index is 111.